The van der Waals surface area contributed by atoms with Crippen LogP contribution in [0, 0.1) is 11.3 Å². The zero-order valence-corrected chi connectivity index (χ0v) is 14.7. The van der Waals surface area contributed by atoms with Crippen molar-refractivity contribution >= 4 is 51.6 Å². The van der Waals surface area contributed by atoms with Gasteiger partial charge in [0.1, 0.15) is 6.07 Å². The molecule has 1 aliphatic heterocycles. The predicted molar refractivity (Wildman–Crippen MR) is 99.6 cm³/mol. The van der Waals surface area contributed by atoms with Crippen molar-refractivity contribution in [2.24, 2.45) is 10.7 Å². The zero-order chi connectivity index (χ0) is 17.3. The number of carbonyl (C=O) groups is 1. The van der Waals surface area contributed by atoms with Crippen molar-refractivity contribution in [1.29, 1.82) is 5.26 Å². The highest BCUT2D eigenvalue weighted by Crippen LogP contribution is 2.34. The van der Waals surface area contributed by atoms with Gasteiger partial charge in [-0.1, -0.05) is 19.9 Å². The molecule has 0 radical (unpaired) electrons. The van der Waals surface area contributed by atoms with Gasteiger partial charge in [0.15, 0.2) is 5.17 Å². The number of carbonyl (C=O) groups excluding carboxylic acids is 1. The number of aliphatic imine (C=N–C) groups is 1. The Morgan fingerprint density at radius 2 is 2.21 bits per heavy atom. The lowest BCUT2D eigenvalue weighted by atomic mass is 10.1. The van der Waals surface area contributed by atoms with Gasteiger partial charge in [0.2, 0.25) is 0 Å². The van der Waals surface area contributed by atoms with Crippen molar-refractivity contribution in [2.45, 2.75) is 24.0 Å². The number of fused-ring (bicyclic) bond motifs is 1. The van der Waals surface area contributed by atoms with Crippen LogP contribution < -0.4 is 5.73 Å². The average Bonchev–Trinajstić information content (AvgIpc) is 2.85. The van der Waals surface area contributed by atoms with E-state index >= 15 is 0 Å². The maximum atomic E-state index is 11.7. The van der Waals surface area contributed by atoms with Crippen molar-refractivity contribution in [1.82, 2.24) is 4.98 Å². The fourth-order valence-corrected chi connectivity index (χ4v) is 3.96. The van der Waals surface area contributed by atoms with Crippen molar-refractivity contribution in [2.75, 3.05) is 0 Å². The Morgan fingerprint density at radius 3 is 2.83 bits per heavy atom. The molecule has 1 aromatic carbocycles. The van der Waals surface area contributed by atoms with Gasteiger partial charge < -0.3 is 5.73 Å². The number of pyridine rings is 1. The Hall–Kier alpha value is -2.30. The number of hydrogen-bond acceptors (Lipinski definition) is 6. The SMILES string of the molecule is CC(C)Sc1c(C#N)cnc2ccc(/C=C3\SC(N)=NC3=O)cc12. The third kappa shape index (κ3) is 3.30. The Morgan fingerprint density at radius 1 is 1.42 bits per heavy atom. The molecular formula is C17H14N4OS2. The van der Waals surface area contributed by atoms with Crippen molar-refractivity contribution in [3.8, 4) is 6.07 Å². The lowest BCUT2D eigenvalue weighted by Crippen LogP contribution is -2.01. The lowest BCUT2D eigenvalue weighted by Gasteiger charge is -2.11. The summed E-state index contributed by atoms with van der Waals surface area (Å²) in [5.41, 5.74) is 7.81. The molecule has 0 saturated carbocycles. The molecule has 1 amide bonds. The smallest absolute Gasteiger partial charge is 0.286 e. The largest absolute Gasteiger partial charge is 0.378 e. The van der Waals surface area contributed by atoms with E-state index in [0.29, 0.717) is 15.7 Å². The van der Waals surface area contributed by atoms with Crippen LogP contribution in [-0.2, 0) is 4.79 Å². The third-order valence-corrected chi connectivity index (χ3v) is 5.21. The molecule has 1 aliphatic rings. The van der Waals surface area contributed by atoms with E-state index in [1.54, 1.807) is 24.0 Å². The molecule has 0 bridgehead atoms. The molecule has 0 spiro atoms. The molecule has 0 fully saturated rings. The number of amidine groups is 1. The van der Waals surface area contributed by atoms with Crippen LogP contribution in [0.4, 0.5) is 0 Å². The van der Waals surface area contributed by atoms with Gasteiger partial charge in [0.25, 0.3) is 5.91 Å². The van der Waals surface area contributed by atoms with Gasteiger partial charge in [0, 0.05) is 21.7 Å². The summed E-state index contributed by atoms with van der Waals surface area (Å²) in [5, 5.41) is 10.9. The highest BCUT2D eigenvalue weighted by Gasteiger charge is 2.19. The van der Waals surface area contributed by atoms with E-state index in [4.69, 9.17) is 5.73 Å². The standard InChI is InChI=1S/C17H14N4OS2/c1-9(2)23-15-11(7-18)8-20-13-4-3-10(5-12(13)15)6-14-16(22)21-17(19)24-14/h3-6,8-9H,1-2H3,(H2,19,21,22)/b14-6-. The Balaban J connectivity index is 2.11. The molecule has 2 N–H and O–H groups in total. The molecule has 24 heavy (non-hydrogen) atoms. The average molecular weight is 354 g/mol. The molecule has 1 aromatic heterocycles. The van der Waals surface area contributed by atoms with Gasteiger partial charge >= 0.3 is 0 Å². The molecule has 2 heterocycles. The van der Waals surface area contributed by atoms with Crippen LogP contribution in [0.3, 0.4) is 0 Å². The number of hydrogen-bond donors (Lipinski definition) is 1. The fraction of sp³-hybridized carbons (Fsp3) is 0.176. The van der Waals surface area contributed by atoms with Gasteiger partial charge in [-0.25, -0.2) is 0 Å². The van der Waals surface area contributed by atoms with Crippen LogP contribution in [0.25, 0.3) is 17.0 Å². The summed E-state index contributed by atoms with van der Waals surface area (Å²) in [5.74, 6) is -0.321. The van der Waals surface area contributed by atoms with Crippen LogP contribution >= 0.6 is 23.5 Å². The van der Waals surface area contributed by atoms with Crippen LogP contribution in [0.5, 0.6) is 0 Å². The Labute approximate surface area is 148 Å². The van der Waals surface area contributed by atoms with Crippen molar-refractivity contribution in [3.05, 3.63) is 40.4 Å². The van der Waals surface area contributed by atoms with E-state index in [2.05, 4.69) is 29.9 Å². The first kappa shape index (κ1) is 16.6. The maximum absolute atomic E-state index is 11.7. The minimum atomic E-state index is -0.321. The second-order valence-electron chi connectivity index (χ2n) is 5.42. The van der Waals surface area contributed by atoms with Gasteiger partial charge in [-0.2, -0.15) is 10.3 Å². The number of benzene rings is 1. The van der Waals surface area contributed by atoms with Crippen molar-refractivity contribution < 1.29 is 4.79 Å². The normalized spacial score (nSPS) is 16.0. The summed E-state index contributed by atoms with van der Waals surface area (Å²) in [6.45, 7) is 4.16. The zero-order valence-electron chi connectivity index (χ0n) is 13.1. The lowest BCUT2D eigenvalue weighted by molar-refractivity contribution is -0.113. The van der Waals surface area contributed by atoms with Gasteiger partial charge in [-0.15, -0.1) is 11.8 Å². The summed E-state index contributed by atoms with van der Waals surface area (Å²) in [6.07, 6.45) is 3.37. The summed E-state index contributed by atoms with van der Waals surface area (Å²) in [7, 11) is 0. The molecule has 3 rings (SSSR count). The number of aromatic nitrogens is 1. The highest BCUT2D eigenvalue weighted by atomic mass is 32.2. The Bertz CT molecular complexity index is 941. The molecule has 0 saturated heterocycles. The summed E-state index contributed by atoms with van der Waals surface area (Å²) < 4.78 is 0. The van der Waals surface area contributed by atoms with E-state index in [9.17, 15) is 10.1 Å². The first-order valence-corrected chi connectivity index (χ1v) is 8.95. The monoisotopic (exact) mass is 354 g/mol. The summed E-state index contributed by atoms with van der Waals surface area (Å²) in [6, 6.07) is 7.93. The third-order valence-electron chi connectivity index (χ3n) is 3.25. The quantitative estimate of drug-likeness (QED) is 0.669. The van der Waals surface area contributed by atoms with Crippen LogP contribution in [0.1, 0.15) is 25.0 Å². The van der Waals surface area contributed by atoms with Crippen molar-refractivity contribution in [3.63, 3.8) is 0 Å². The molecule has 2 aromatic rings. The topological polar surface area (TPSA) is 92.1 Å². The minimum Gasteiger partial charge on any atom is -0.378 e. The number of nitriles is 1. The van der Waals surface area contributed by atoms with Gasteiger partial charge in [0.05, 0.1) is 16.0 Å². The Kier molecular flexibility index (Phi) is 4.60. The number of nitrogens with two attached hydrogens (primary N) is 1. The highest BCUT2D eigenvalue weighted by molar-refractivity contribution is 8.18. The van der Waals surface area contributed by atoms with Crippen LogP contribution in [-0.4, -0.2) is 21.3 Å². The summed E-state index contributed by atoms with van der Waals surface area (Å²) >= 11 is 2.80. The number of thioether (sulfide) groups is 2. The molecule has 0 atom stereocenters. The second kappa shape index (κ2) is 6.67. The predicted octanol–water partition coefficient (Wildman–Crippen LogP) is 3.54. The maximum Gasteiger partial charge on any atom is 0.286 e. The first-order valence-electron chi connectivity index (χ1n) is 7.25. The van der Waals surface area contributed by atoms with E-state index in [1.165, 1.54) is 0 Å². The molecule has 120 valence electrons. The fourth-order valence-electron chi connectivity index (χ4n) is 2.29. The molecular weight excluding hydrogens is 340 g/mol. The molecule has 5 nitrogen and oxygen atoms in total. The summed E-state index contributed by atoms with van der Waals surface area (Å²) in [4.78, 5) is 21.2. The number of nitrogens with zero attached hydrogens (tertiary/aromatic N) is 3. The van der Waals surface area contributed by atoms with E-state index in [1.807, 2.05) is 18.2 Å². The van der Waals surface area contributed by atoms with Crippen LogP contribution in [0.15, 0.2) is 39.2 Å². The van der Waals surface area contributed by atoms with Gasteiger partial charge in [-0.3, -0.25) is 9.78 Å². The first-order chi connectivity index (χ1) is 11.5. The number of rotatable bonds is 3. The van der Waals surface area contributed by atoms with Crippen LogP contribution in [0.2, 0.25) is 0 Å². The van der Waals surface area contributed by atoms with E-state index < -0.39 is 0 Å². The van der Waals surface area contributed by atoms with E-state index in [-0.39, 0.29) is 11.1 Å². The molecule has 0 unspecified atom stereocenters. The number of amides is 1. The minimum absolute atomic E-state index is 0.261. The van der Waals surface area contributed by atoms with E-state index in [0.717, 1.165) is 33.1 Å². The molecule has 0 aliphatic carbocycles. The second-order valence-corrected chi connectivity index (χ2v) is 8.07. The van der Waals surface area contributed by atoms with Gasteiger partial charge in [-0.05, 0) is 35.5 Å². The molecule has 7 heteroatoms.